The van der Waals surface area contributed by atoms with Crippen molar-refractivity contribution in [2.24, 2.45) is 0 Å². The Morgan fingerprint density at radius 1 is 1.13 bits per heavy atom. The lowest BCUT2D eigenvalue weighted by atomic mass is 10.3. The number of aromatic amines is 1. The monoisotopic (exact) mass is 347 g/mol. The molecule has 0 fully saturated rings. The summed E-state index contributed by atoms with van der Waals surface area (Å²) in [7, 11) is 1.61. The second kappa shape index (κ2) is 6.85. The molecule has 3 aromatic rings. The first-order valence-corrected chi connectivity index (χ1v) is 7.66. The van der Waals surface area contributed by atoms with E-state index in [9.17, 15) is 0 Å². The van der Waals surface area contributed by atoms with Crippen LogP contribution in [0.2, 0.25) is 5.02 Å². The lowest BCUT2D eigenvalue weighted by Gasteiger charge is -2.12. The molecule has 3 rings (SSSR count). The first kappa shape index (κ1) is 15.6. The lowest BCUT2D eigenvalue weighted by Crippen LogP contribution is -2.07. The number of H-pyrrole nitrogens is 1. The van der Waals surface area contributed by atoms with Gasteiger partial charge in [0.15, 0.2) is 10.6 Å². The molecule has 5 nitrogen and oxygen atoms in total. The first-order valence-electron chi connectivity index (χ1n) is 6.87. The Morgan fingerprint density at radius 2 is 1.83 bits per heavy atom. The van der Waals surface area contributed by atoms with Crippen LogP contribution in [-0.2, 0) is 6.61 Å². The predicted molar refractivity (Wildman–Crippen MR) is 91.1 cm³/mol. The second-order valence-electron chi connectivity index (χ2n) is 4.67. The number of nitrogens with zero attached hydrogens (tertiary/aromatic N) is 2. The molecule has 2 aromatic carbocycles. The predicted octanol–water partition coefficient (Wildman–Crippen LogP) is 4.17. The van der Waals surface area contributed by atoms with E-state index in [2.05, 4.69) is 10.2 Å². The molecule has 1 heterocycles. The number of methoxy groups -OCH3 is 1. The summed E-state index contributed by atoms with van der Waals surface area (Å²) in [5.41, 5.74) is 0.798. The van der Waals surface area contributed by atoms with Crippen LogP contribution in [0.25, 0.3) is 5.69 Å². The van der Waals surface area contributed by atoms with E-state index in [0.717, 1.165) is 5.69 Å². The van der Waals surface area contributed by atoms with Crippen molar-refractivity contribution in [3.05, 3.63) is 64.1 Å². The van der Waals surface area contributed by atoms with E-state index >= 15 is 0 Å². The van der Waals surface area contributed by atoms with Crippen LogP contribution >= 0.6 is 23.8 Å². The van der Waals surface area contributed by atoms with Gasteiger partial charge in [-0.3, -0.25) is 9.67 Å². The van der Waals surface area contributed by atoms with Crippen molar-refractivity contribution in [2.75, 3.05) is 7.11 Å². The van der Waals surface area contributed by atoms with Gasteiger partial charge >= 0.3 is 0 Å². The largest absolute Gasteiger partial charge is 0.495 e. The molecule has 0 spiro atoms. The molecule has 0 aliphatic heterocycles. The highest BCUT2D eigenvalue weighted by molar-refractivity contribution is 7.71. The molecular weight excluding hydrogens is 334 g/mol. The standard InChI is InChI=1S/C16H14ClN3O2S/c1-21-14-9-5-3-7-12(14)20-15(18-19-16(20)23)10-22-13-8-4-2-6-11(13)17/h2-9H,10H2,1H3,(H,19,23). The molecule has 0 saturated carbocycles. The first-order chi connectivity index (χ1) is 11.2. The van der Waals surface area contributed by atoms with Crippen molar-refractivity contribution in [3.63, 3.8) is 0 Å². The minimum absolute atomic E-state index is 0.217. The average molecular weight is 348 g/mol. The Balaban J connectivity index is 1.93. The van der Waals surface area contributed by atoms with Gasteiger partial charge in [0.1, 0.15) is 18.1 Å². The topological polar surface area (TPSA) is 52.1 Å². The highest BCUT2D eigenvalue weighted by atomic mass is 35.5. The van der Waals surface area contributed by atoms with Crippen LogP contribution in [0.1, 0.15) is 5.82 Å². The van der Waals surface area contributed by atoms with Gasteiger partial charge in [-0.25, -0.2) is 0 Å². The maximum Gasteiger partial charge on any atom is 0.200 e. The minimum Gasteiger partial charge on any atom is -0.495 e. The number of nitrogens with one attached hydrogen (secondary N) is 1. The summed E-state index contributed by atoms with van der Waals surface area (Å²) in [4.78, 5) is 0. The molecule has 0 aliphatic carbocycles. The summed E-state index contributed by atoms with van der Waals surface area (Å²) < 4.78 is 13.4. The fourth-order valence-electron chi connectivity index (χ4n) is 2.19. The van der Waals surface area contributed by atoms with Gasteiger partial charge in [0.05, 0.1) is 17.8 Å². The minimum atomic E-state index is 0.217. The Hall–Kier alpha value is -2.31. The van der Waals surface area contributed by atoms with Crippen LogP contribution in [0, 0.1) is 4.77 Å². The lowest BCUT2D eigenvalue weighted by molar-refractivity contribution is 0.293. The molecule has 1 N–H and O–H groups in total. The molecule has 0 amide bonds. The number of halogens is 1. The van der Waals surface area contributed by atoms with Crippen LogP contribution in [0.3, 0.4) is 0 Å². The number of rotatable bonds is 5. The van der Waals surface area contributed by atoms with Gasteiger partial charge < -0.3 is 9.47 Å². The number of para-hydroxylation sites is 3. The van der Waals surface area contributed by atoms with E-state index in [1.165, 1.54) is 0 Å². The molecule has 23 heavy (non-hydrogen) atoms. The van der Waals surface area contributed by atoms with E-state index < -0.39 is 0 Å². The molecule has 7 heteroatoms. The van der Waals surface area contributed by atoms with E-state index in [4.69, 9.17) is 33.3 Å². The smallest absolute Gasteiger partial charge is 0.200 e. The summed E-state index contributed by atoms with van der Waals surface area (Å²) >= 11 is 11.4. The normalized spacial score (nSPS) is 10.5. The summed E-state index contributed by atoms with van der Waals surface area (Å²) in [6.45, 7) is 0.217. The van der Waals surface area contributed by atoms with E-state index in [0.29, 0.717) is 27.1 Å². The zero-order valence-corrected chi connectivity index (χ0v) is 13.9. The van der Waals surface area contributed by atoms with Crippen LogP contribution < -0.4 is 9.47 Å². The third-order valence-electron chi connectivity index (χ3n) is 3.26. The van der Waals surface area contributed by atoms with E-state index in [-0.39, 0.29) is 6.61 Å². The van der Waals surface area contributed by atoms with Gasteiger partial charge in [0.2, 0.25) is 0 Å². The van der Waals surface area contributed by atoms with Gasteiger partial charge in [0, 0.05) is 0 Å². The zero-order chi connectivity index (χ0) is 16.2. The summed E-state index contributed by atoms with van der Waals surface area (Å²) in [6, 6.07) is 14.9. The highest BCUT2D eigenvalue weighted by Crippen LogP contribution is 2.26. The Bertz CT molecular complexity index is 876. The number of aromatic nitrogens is 3. The third kappa shape index (κ3) is 3.23. The zero-order valence-electron chi connectivity index (χ0n) is 12.3. The van der Waals surface area contributed by atoms with Crippen molar-refractivity contribution in [2.45, 2.75) is 6.61 Å². The summed E-state index contributed by atoms with van der Waals surface area (Å²) in [5.74, 6) is 1.91. The number of hydrogen-bond acceptors (Lipinski definition) is 4. The molecule has 0 aliphatic rings. The fourth-order valence-corrected chi connectivity index (χ4v) is 2.63. The Morgan fingerprint density at radius 3 is 2.57 bits per heavy atom. The van der Waals surface area contributed by atoms with E-state index in [1.54, 1.807) is 23.8 Å². The molecule has 118 valence electrons. The Kier molecular flexibility index (Phi) is 4.64. The van der Waals surface area contributed by atoms with Crippen molar-refractivity contribution in [1.82, 2.24) is 14.8 Å². The van der Waals surface area contributed by atoms with Crippen molar-refractivity contribution in [3.8, 4) is 17.2 Å². The third-order valence-corrected chi connectivity index (χ3v) is 3.85. The maximum absolute atomic E-state index is 6.10. The van der Waals surface area contributed by atoms with Gasteiger partial charge in [-0.05, 0) is 36.5 Å². The van der Waals surface area contributed by atoms with Crippen LogP contribution in [-0.4, -0.2) is 21.9 Å². The molecule has 1 aromatic heterocycles. The fraction of sp³-hybridized carbons (Fsp3) is 0.125. The van der Waals surface area contributed by atoms with Gasteiger partial charge in [-0.15, -0.1) is 0 Å². The van der Waals surface area contributed by atoms with Gasteiger partial charge in [-0.1, -0.05) is 35.9 Å². The van der Waals surface area contributed by atoms with Crippen molar-refractivity contribution >= 4 is 23.8 Å². The molecule has 0 saturated heterocycles. The van der Waals surface area contributed by atoms with E-state index in [1.807, 2.05) is 36.4 Å². The van der Waals surface area contributed by atoms with Crippen LogP contribution in [0.4, 0.5) is 0 Å². The van der Waals surface area contributed by atoms with Gasteiger partial charge in [0.25, 0.3) is 0 Å². The average Bonchev–Trinajstić information content (AvgIpc) is 2.94. The molecule has 0 bridgehead atoms. The molecule has 0 atom stereocenters. The number of benzene rings is 2. The summed E-state index contributed by atoms with van der Waals surface area (Å²) in [5, 5.41) is 7.57. The number of ether oxygens (including phenoxy) is 2. The van der Waals surface area contributed by atoms with Crippen LogP contribution in [0.15, 0.2) is 48.5 Å². The van der Waals surface area contributed by atoms with Gasteiger partial charge in [-0.2, -0.15) is 5.10 Å². The molecular formula is C16H14ClN3O2S. The van der Waals surface area contributed by atoms with Crippen molar-refractivity contribution in [1.29, 1.82) is 0 Å². The summed E-state index contributed by atoms with van der Waals surface area (Å²) in [6.07, 6.45) is 0. The van der Waals surface area contributed by atoms with Crippen molar-refractivity contribution < 1.29 is 9.47 Å². The van der Waals surface area contributed by atoms with Crippen LogP contribution in [0.5, 0.6) is 11.5 Å². The quantitative estimate of drug-likeness (QED) is 0.704. The molecule has 0 radical (unpaired) electrons. The maximum atomic E-state index is 6.10. The highest BCUT2D eigenvalue weighted by Gasteiger charge is 2.13. The SMILES string of the molecule is COc1ccccc1-n1c(COc2ccccc2Cl)n[nH]c1=S. The Labute approximate surface area is 143 Å². The number of hydrogen-bond donors (Lipinski definition) is 1. The molecule has 0 unspecified atom stereocenters. The second-order valence-corrected chi connectivity index (χ2v) is 5.47.